The Kier molecular flexibility index (Phi) is 3.57. The largest absolute Gasteiger partial charge is 0.479 e. The summed E-state index contributed by atoms with van der Waals surface area (Å²) in [5.74, 6) is -0.954. The number of hydrogen-bond acceptors (Lipinski definition) is 3. The van der Waals surface area contributed by atoms with Crippen LogP contribution in [-0.4, -0.2) is 47.2 Å². The van der Waals surface area contributed by atoms with E-state index in [1.165, 1.54) is 11.9 Å². The van der Waals surface area contributed by atoms with Gasteiger partial charge in [-0.05, 0) is 13.3 Å². The van der Waals surface area contributed by atoms with Crippen LogP contribution in [0.15, 0.2) is 0 Å². The van der Waals surface area contributed by atoms with E-state index in [4.69, 9.17) is 4.74 Å². The smallest absolute Gasteiger partial charge is 0.329 e. The van der Waals surface area contributed by atoms with E-state index < -0.39 is 17.1 Å². The Bertz CT molecular complexity index is 294. The van der Waals surface area contributed by atoms with Crippen LogP contribution in [0.1, 0.15) is 33.1 Å². The number of ether oxygens (including phenoxy) is 1. The van der Waals surface area contributed by atoms with Gasteiger partial charge in [-0.25, -0.2) is 4.79 Å². The second-order valence-electron chi connectivity index (χ2n) is 4.63. The van der Waals surface area contributed by atoms with Crippen molar-refractivity contribution in [3.63, 3.8) is 0 Å². The van der Waals surface area contributed by atoms with E-state index in [1.54, 1.807) is 0 Å². The van der Waals surface area contributed by atoms with Gasteiger partial charge >= 0.3 is 5.97 Å². The Labute approximate surface area is 95.4 Å². The van der Waals surface area contributed by atoms with E-state index in [0.717, 1.165) is 6.42 Å². The molecule has 1 rings (SSSR count). The third kappa shape index (κ3) is 2.04. The second kappa shape index (κ2) is 4.41. The van der Waals surface area contributed by atoms with Crippen molar-refractivity contribution in [3.05, 3.63) is 0 Å². The lowest BCUT2D eigenvalue weighted by molar-refractivity contribution is -0.174. The Morgan fingerprint density at radius 1 is 1.62 bits per heavy atom. The molecule has 0 aromatic rings. The lowest BCUT2D eigenvalue weighted by Gasteiger charge is -2.46. The molecular weight excluding hydrogens is 210 g/mol. The van der Waals surface area contributed by atoms with Crippen LogP contribution < -0.4 is 0 Å². The molecule has 0 aromatic carbocycles. The summed E-state index contributed by atoms with van der Waals surface area (Å²) in [6, 6.07) is 0. The first-order valence-corrected chi connectivity index (χ1v) is 5.46. The van der Waals surface area contributed by atoms with Gasteiger partial charge in [0, 0.05) is 19.9 Å². The van der Waals surface area contributed by atoms with Crippen molar-refractivity contribution >= 4 is 12.4 Å². The minimum absolute atomic E-state index is 0.334. The highest BCUT2D eigenvalue weighted by molar-refractivity contribution is 5.81. The molecule has 1 amide bonds. The Balaban J connectivity index is 3.02. The van der Waals surface area contributed by atoms with Gasteiger partial charge in [-0.2, -0.15) is 0 Å². The molecule has 1 saturated heterocycles. The normalized spacial score (nSPS) is 34.4. The number of amides is 1. The summed E-state index contributed by atoms with van der Waals surface area (Å²) >= 11 is 0. The van der Waals surface area contributed by atoms with Gasteiger partial charge in [0.2, 0.25) is 6.41 Å². The highest BCUT2D eigenvalue weighted by Crippen LogP contribution is 2.37. The molecule has 16 heavy (non-hydrogen) atoms. The summed E-state index contributed by atoms with van der Waals surface area (Å²) in [5, 5.41) is 9.36. The number of carboxylic acid groups (broad SMARTS) is 1. The van der Waals surface area contributed by atoms with Crippen molar-refractivity contribution in [2.45, 2.75) is 44.2 Å². The average Bonchev–Trinajstić information content (AvgIpc) is 2.27. The average molecular weight is 229 g/mol. The molecule has 2 atom stereocenters. The number of likely N-dealkylation sites (N-methyl/N-ethyl adjacent to an activating group) is 1. The van der Waals surface area contributed by atoms with Gasteiger partial charge in [0.05, 0.1) is 12.2 Å². The van der Waals surface area contributed by atoms with Crippen LogP contribution in [-0.2, 0) is 14.3 Å². The maximum atomic E-state index is 11.4. The molecule has 0 saturated carbocycles. The molecule has 1 fully saturated rings. The van der Waals surface area contributed by atoms with E-state index in [0.29, 0.717) is 25.9 Å². The summed E-state index contributed by atoms with van der Waals surface area (Å²) in [4.78, 5) is 23.5. The molecule has 1 aliphatic rings. The number of rotatable bonds is 4. The fourth-order valence-electron chi connectivity index (χ4n) is 2.19. The minimum atomic E-state index is -1.12. The van der Waals surface area contributed by atoms with Crippen molar-refractivity contribution in [2.75, 3.05) is 13.7 Å². The topological polar surface area (TPSA) is 66.8 Å². The Hall–Kier alpha value is -1.10. The van der Waals surface area contributed by atoms with Gasteiger partial charge in [-0.3, -0.25) is 4.79 Å². The second-order valence-corrected chi connectivity index (χ2v) is 4.63. The number of carbonyl (C=O) groups excluding carboxylic acids is 1. The first kappa shape index (κ1) is 13.0. The van der Waals surface area contributed by atoms with E-state index in [1.807, 2.05) is 13.8 Å². The first-order valence-electron chi connectivity index (χ1n) is 5.46. The monoisotopic (exact) mass is 229 g/mol. The first-order chi connectivity index (χ1) is 7.40. The van der Waals surface area contributed by atoms with Gasteiger partial charge < -0.3 is 14.7 Å². The predicted octanol–water partition coefficient (Wildman–Crippen LogP) is 0.877. The van der Waals surface area contributed by atoms with Crippen LogP contribution in [0.5, 0.6) is 0 Å². The maximum absolute atomic E-state index is 11.4. The van der Waals surface area contributed by atoms with Crippen molar-refractivity contribution in [3.8, 4) is 0 Å². The van der Waals surface area contributed by atoms with Crippen molar-refractivity contribution in [1.82, 2.24) is 4.90 Å². The number of carboxylic acids is 1. The third-order valence-electron chi connectivity index (χ3n) is 3.61. The van der Waals surface area contributed by atoms with E-state index in [-0.39, 0.29) is 0 Å². The van der Waals surface area contributed by atoms with Crippen molar-refractivity contribution < 1.29 is 19.4 Å². The van der Waals surface area contributed by atoms with Crippen LogP contribution in [0.2, 0.25) is 0 Å². The van der Waals surface area contributed by atoms with Gasteiger partial charge in [0.1, 0.15) is 5.54 Å². The number of aliphatic carboxylic acids is 1. The molecule has 2 unspecified atom stereocenters. The van der Waals surface area contributed by atoms with Crippen molar-refractivity contribution in [2.24, 2.45) is 0 Å². The van der Waals surface area contributed by atoms with E-state index in [9.17, 15) is 14.7 Å². The predicted molar refractivity (Wildman–Crippen MR) is 58.1 cm³/mol. The molecule has 1 aliphatic heterocycles. The zero-order valence-corrected chi connectivity index (χ0v) is 10.0. The standard InChI is InChI=1S/C11H19NO4/c1-4-10(2)7-11(9(14)15,5-6-16-10)12(3)8-13/h8H,4-7H2,1-3H3,(H,14,15). The quantitative estimate of drug-likeness (QED) is 0.727. The molecule has 5 nitrogen and oxygen atoms in total. The van der Waals surface area contributed by atoms with Crippen LogP contribution >= 0.6 is 0 Å². The highest BCUT2D eigenvalue weighted by Gasteiger charge is 2.50. The Morgan fingerprint density at radius 2 is 2.25 bits per heavy atom. The maximum Gasteiger partial charge on any atom is 0.329 e. The fraction of sp³-hybridized carbons (Fsp3) is 0.818. The molecule has 1 heterocycles. The zero-order valence-electron chi connectivity index (χ0n) is 10.0. The van der Waals surface area contributed by atoms with Gasteiger partial charge in [-0.15, -0.1) is 0 Å². The van der Waals surface area contributed by atoms with Crippen LogP contribution in [0.4, 0.5) is 0 Å². The fourth-order valence-corrected chi connectivity index (χ4v) is 2.19. The molecule has 0 radical (unpaired) electrons. The summed E-state index contributed by atoms with van der Waals surface area (Å²) in [5.41, 5.74) is -1.58. The van der Waals surface area contributed by atoms with E-state index >= 15 is 0 Å². The number of nitrogens with zero attached hydrogens (tertiary/aromatic N) is 1. The number of hydrogen-bond donors (Lipinski definition) is 1. The molecule has 1 N–H and O–H groups in total. The molecule has 0 aliphatic carbocycles. The molecular formula is C11H19NO4. The van der Waals surface area contributed by atoms with Crippen LogP contribution in [0.3, 0.4) is 0 Å². The minimum Gasteiger partial charge on any atom is -0.479 e. The van der Waals surface area contributed by atoms with E-state index in [2.05, 4.69) is 0 Å². The third-order valence-corrected chi connectivity index (χ3v) is 3.61. The summed E-state index contributed by atoms with van der Waals surface area (Å²) in [6.07, 6.45) is 1.98. The Morgan fingerprint density at radius 3 is 2.69 bits per heavy atom. The highest BCUT2D eigenvalue weighted by atomic mass is 16.5. The number of carbonyl (C=O) groups is 2. The van der Waals surface area contributed by atoms with Gasteiger partial charge in [0.15, 0.2) is 0 Å². The molecule has 92 valence electrons. The SMILES string of the molecule is CCC1(C)CC(C(=O)O)(N(C)C=O)CCO1. The molecule has 0 aromatic heterocycles. The lowest BCUT2D eigenvalue weighted by atomic mass is 9.78. The van der Waals surface area contributed by atoms with Crippen LogP contribution in [0, 0.1) is 0 Å². The van der Waals surface area contributed by atoms with Crippen molar-refractivity contribution in [1.29, 1.82) is 0 Å². The molecule has 5 heteroatoms. The summed E-state index contributed by atoms with van der Waals surface area (Å²) in [6.45, 7) is 4.22. The summed E-state index contributed by atoms with van der Waals surface area (Å²) < 4.78 is 5.61. The van der Waals surface area contributed by atoms with Gasteiger partial charge in [0.25, 0.3) is 0 Å². The van der Waals surface area contributed by atoms with Gasteiger partial charge in [-0.1, -0.05) is 6.92 Å². The molecule has 0 bridgehead atoms. The molecule has 0 spiro atoms. The van der Waals surface area contributed by atoms with Crippen LogP contribution in [0.25, 0.3) is 0 Å². The summed E-state index contributed by atoms with van der Waals surface area (Å²) in [7, 11) is 1.52. The lowest BCUT2D eigenvalue weighted by Crippen LogP contribution is -2.60. The zero-order chi connectivity index (χ0) is 12.4.